The van der Waals surface area contributed by atoms with Gasteiger partial charge in [-0.2, -0.15) is 0 Å². The molecule has 2 aliphatic heterocycles. The first-order valence-electron chi connectivity index (χ1n) is 19.1. The van der Waals surface area contributed by atoms with Crippen LogP contribution in [0.2, 0.25) is 0 Å². The van der Waals surface area contributed by atoms with Crippen LogP contribution in [0.15, 0.2) is 54.5 Å². The summed E-state index contributed by atoms with van der Waals surface area (Å²) in [4.78, 5) is 45.6. The predicted octanol–water partition coefficient (Wildman–Crippen LogP) is 5.48. The van der Waals surface area contributed by atoms with E-state index in [0.717, 1.165) is 18.7 Å². The van der Waals surface area contributed by atoms with Gasteiger partial charge in [0.2, 0.25) is 5.79 Å². The van der Waals surface area contributed by atoms with Crippen LogP contribution in [-0.2, 0) is 23.8 Å². The minimum atomic E-state index is -2.34. The molecule has 4 heterocycles. The summed E-state index contributed by atoms with van der Waals surface area (Å²) in [6.07, 6.45) is 5.38. The SMILES string of the molecule is CO[C@H]1/C=C/O[C@@]2(C)Oc3c(C)c(O)c4c(O)c(c5c(nc6cc(C)ccn65)c4c3C2=O)NC(=O)/C(C)=C\C=C\[C@H](C)[C@H](O)[C@@H](C)[C@@H](O)[C@@H](C)[C@](O)(OC(C)=O)[C@@H]1C. The standard InChI is InChI=1S/C43H51N3O12/c1-19-14-16-46-28(18-19)44-32-29-30-37(50)23(5)39-31(29)40(52)42(9,58-39)56-17-15-27(55-10)24(6)43(54,57-26(8)47)25(7)36(49)22(4)35(48)20(2)12-11-13-21(3)41(53)45-33(34(32)46)38(30)51/h11-18,20,22,24-25,27,35-36,48-51,54H,1-10H3,(H,45,53)/b12-11+,17-15+,21-13-/t20-,22+,24+,25+,27-,35-,36+,42-,43+/m0/s1. The van der Waals surface area contributed by atoms with Gasteiger partial charge in [0, 0.05) is 61.4 Å². The normalized spacial score (nSPS) is 31.8. The lowest BCUT2D eigenvalue weighted by Crippen LogP contribution is -2.56. The minimum Gasteiger partial charge on any atom is -0.507 e. The Kier molecular flexibility index (Phi) is 11.2. The Morgan fingerprint density at radius 2 is 1.69 bits per heavy atom. The number of hydrogen-bond acceptors (Lipinski definition) is 13. The first kappa shape index (κ1) is 42.1. The molecule has 2 aromatic carbocycles. The molecule has 4 aromatic rings. The molecule has 4 bridgehead atoms. The number of pyridine rings is 1. The van der Waals surface area contributed by atoms with Crippen molar-refractivity contribution in [3.63, 3.8) is 0 Å². The Morgan fingerprint density at radius 3 is 2.34 bits per heavy atom. The number of phenols is 2. The number of nitrogens with zero attached hydrogens (tertiary/aromatic N) is 2. The number of carbonyl (C=O) groups excluding carboxylic acids is 3. The van der Waals surface area contributed by atoms with Crippen molar-refractivity contribution in [2.24, 2.45) is 23.7 Å². The summed E-state index contributed by atoms with van der Waals surface area (Å²) < 4.78 is 25.0. The van der Waals surface area contributed by atoms with E-state index in [0.29, 0.717) is 5.65 Å². The average molecular weight is 802 g/mol. The van der Waals surface area contributed by atoms with Crippen LogP contribution in [-0.4, -0.2) is 89.6 Å². The predicted molar refractivity (Wildman–Crippen MR) is 214 cm³/mol. The number of carbonyl (C=O) groups is 3. The highest BCUT2D eigenvalue weighted by atomic mass is 16.7. The molecular formula is C43H51N3O12. The minimum absolute atomic E-state index is 0.0121. The molecule has 310 valence electrons. The lowest BCUT2D eigenvalue weighted by molar-refractivity contribution is -0.278. The number of ether oxygens (including phenoxy) is 4. The van der Waals surface area contributed by atoms with E-state index < -0.39 is 82.7 Å². The highest BCUT2D eigenvalue weighted by molar-refractivity contribution is 6.28. The van der Waals surface area contributed by atoms with Crippen LogP contribution in [0.4, 0.5) is 5.69 Å². The van der Waals surface area contributed by atoms with Gasteiger partial charge in [0.05, 0.1) is 41.4 Å². The first-order valence-corrected chi connectivity index (χ1v) is 19.1. The maximum atomic E-state index is 14.6. The second-order valence-electron chi connectivity index (χ2n) is 15.7. The highest BCUT2D eigenvalue weighted by Crippen LogP contribution is 2.54. The first-order chi connectivity index (χ1) is 27.2. The second-order valence-corrected chi connectivity index (χ2v) is 15.7. The number of fused-ring (bicyclic) bond motifs is 2. The third-order valence-electron chi connectivity index (χ3n) is 11.7. The fraction of sp³-hybridized carbons (Fsp3) is 0.442. The molecule has 6 rings (SSSR count). The quantitative estimate of drug-likeness (QED) is 0.0842. The summed E-state index contributed by atoms with van der Waals surface area (Å²) in [5.74, 6) is -11.1. The number of aromatic hydroxyl groups is 2. The van der Waals surface area contributed by atoms with Crippen molar-refractivity contribution in [3.05, 3.63) is 71.2 Å². The number of Topliss-reactive ketones (excluding diaryl/α,β-unsaturated/α-hetero) is 1. The van der Waals surface area contributed by atoms with Crippen LogP contribution in [0.1, 0.15) is 70.0 Å². The number of aryl methyl sites for hydroxylation is 1. The van der Waals surface area contributed by atoms with Crippen molar-refractivity contribution < 1.29 is 58.9 Å². The molecule has 2 aromatic heterocycles. The molecular weight excluding hydrogens is 750 g/mol. The zero-order valence-electron chi connectivity index (χ0n) is 34.1. The van der Waals surface area contributed by atoms with Crippen molar-refractivity contribution in [2.45, 2.75) is 92.2 Å². The number of hydrogen-bond donors (Lipinski definition) is 6. The number of amides is 1. The molecule has 2 aliphatic rings. The van der Waals surface area contributed by atoms with Gasteiger partial charge in [0.15, 0.2) is 5.75 Å². The zero-order valence-corrected chi connectivity index (χ0v) is 34.1. The van der Waals surface area contributed by atoms with E-state index in [1.54, 1.807) is 56.5 Å². The zero-order chi connectivity index (χ0) is 42.8. The van der Waals surface area contributed by atoms with Gasteiger partial charge < -0.3 is 49.8 Å². The van der Waals surface area contributed by atoms with Crippen LogP contribution >= 0.6 is 0 Å². The van der Waals surface area contributed by atoms with Gasteiger partial charge >= 0.3 is 11.8 Å². The molecule has 9 atom stereocenters. The van der Waals surface area contributed by atoms with Crippen molar-refractivity contribution in [3.8, 4) is 17.2 Å². The summed E-state index contributed by atoms with van der Waals surface area (Å²) in [6, 6.07) is 3.61. The molecule has 0 aliphatic carbocycles. The number of benzene rings is 2. The largest absolute Gasteiger partial charge is 0.507 e. The van der Waals surface area contributed by atoms with E-state index in [1.807, 2.05) is 13.0 Å². The Morgan fingerprint density at radius 1 is 1.00 bits per heavy atom. The van der Waals surface area contributed by atoms with Gasteiger partial charge in [-0.1, -0.05) is 45.9 Å². The van der Waals surface area contributed by atoms with Gasteiger partial charge in [0.25, 0.3) is 11.7 Å². The number of aliphatic hydroxyl groups is 3. The molecule has 58 heavy (non-hydrogen) atoms. The molecule has 1 amide bonds. The molecule has 0 saturated heterocycles. The molecule has 0 spiro atoms. The van der Waals surface area contributed by atoms with Gasteiger partial charge in [-0.3, -0.25) is 18.8 Å². The van der Waals surface area contributed by atoms with Gasteiger partial charge in [-0.25, -0.2) is 4.98 Å². The van der Waals surface area contributed by atoms with Crippen LogP contribution in [0.5, 0.6) is 17.2 Å². The molecule has 0 saturated carbocycles. The van der Waals surface area contributed by atoms with E-state index in [9.17, 15) is 39.9 Å². The van der Waals surface area contributed by atoms with Crippen LogP contribution in [0.25, 0.3) is 27.5 Å². The monoisotopic (exact) mass is 801 g/mol. The molecule has 0 unspecified atom stereocenters. The number of aromatic nitrogens is 2. The summed E-state index contributed by atoms with van der Waals surface area (Å²) in [5, 5.41) is 61.4. The number of phenolic OH excluding ortho intramolecular Hbond substituents is 2. The number of imidazole rings is 1. The van der Waals surface area contributed by atoms with Crippen molar-refractivity contribution >= 4 is 50.8 Å². The van der Waals surface area contributed by atoms with E-state index in [4.69, 9.17) is 23.9 Å². The molecule has 0 fully saturated rings. The van der Waals surface area contributed by atoms with Crippen LogP contribution in [0, 0.1) is 37.5 Å². The van der Waals surface area contributed by atoms with Crippen molar-refractivity contribution in [1.29, 1.82) is 0 Å². The Labute approximate surface area is 335 Å². The van der Waals surface area contributed by atoms with E-state index in [2.05, 4.69) is 5.32 Å². The number of nitrogens with one attached hydrogen (secondary N) is 1. The fourth-order valence-corrected chi connectivity index (χ4v) is 8.03. The maximum absolute atomic E-state index is 14.6. The Bertz CT molecular complexity index is 2430. The number of anilines is 1. The lowest BCUT2D eigenvalue weighted by atomic mass is 9.76. The van der Waals surface area contributed by atoms with Crippen molar-refractivity contribution in [2.75, 3.05) is 12.4 Å². The number of allylic oxidation sites excluding steroid dienone is 2. The second kappa shape index (κ2) is 15.4. The van der Waals surface area contributed by atoms with E-state index in [1.165, 1.54) is 40.0 Å². The lowest BCUT2D eigenvalue weighted by Gasteiger charge is -2.43. The van der Waals surface area contributed by atoms with Crippen LogP contribution < -0.4 is 10.1 Å². The summed E-state index contributed by atoms with van der Waals surface area (Å²) in [6.45, 7) is 13.8. The smallest absolute Gasteiger partial charge is 0.312 e. The van der Waals surface area contributed by atoms with E-state index in [-0.39, 0.29) is 49.9 Å². The number of aliphatic hydroxyl groups excluding tert-OH is 2. The van der Waals surface area contributed by atoms with Gasteiger partial charge in [0.1, 0.15) is 33.9 Å². The average Bonchev–Trinajstić information content (AvgIpc) is 3.67. The fourth-order valence-electron chi connectivity index (χ4n) is 8.03. The topological polar surface area (TPSA) is 219 Å². The van der Waals surface area contributed by atoms with Crippen LogP contribution in [0.3, 0.4) is 0 Å². The summed E-state index contributed by atoms with van der Waals surface area (Å²) in [7, 11) is 1.35. The third-order valence-corrected chi connectivity index (χ3v) is 11.7. The molecule has 15 nitrogen and oxygen atoms in total. The number of esters is 1. The van der Waals surface area contributed by atoms with Crippen molar-refractivity contribution in [1.82, 2.24) is 9.38 Å². The molecule has 6 N–H and O–H groups in total. The van der Waals surface area contributed by atoms with Gasteiger partial charge in [-0.05, 0) is 44.5 Å². The van der Waals surface area contributed by atoms with Gasteiger partial charge in [-0.15, -0.1) is 0 Å². The number of ketones is 1. The number of methoxy groups -OCH3 is 1. The summed E-state index contributed by atoms with van der Waals surface area (Å²) >= 11 is 0. The van der Waals surface area contributed by atoms with E-state index >= 15 is 0 Å². The Balaban J connectivity index is 1.59. The third kappa shape index (κ3) is 6.85. The Hall–Kier alpha value is -5.48. The molecule has 15 heteroatoms. The summed E-state index contributed by atoms with van der Waals surface area (Å²) in [5.41, 5.74) is 1.95. The number of rotatable bonds is 2. The maximum Gasteiger partial charge on any atom is 0.312 e. The molecule has 0 radical (unpaired) electrons. The highest BCUT2D eigenvalue weighted by Gasteiger charge is 2.52.